The molecule has 0 aliphatic rings. The number of nitrogens with zero attached hydrogens (tertiary/aromatic N) is 1. The molecule has 0 fully saturated rings. The number of ketones is 1. The van der Waals surface area contributed by atoms with E-state index in [-0.39, 0.29) is 31.8 Å². The van der Waals surface area contributed by atoms with E-state index in [2.05, 4.69) is 33.8 Å². The summed E-state index contributed by atoms with van der Waals surface area (Å²) in [6.07, 6.45) is 27.5. The lowest BCUT2D eigenvalue weighted by molar-refractivity contribution is -0.870. The number of likely N-dealkylation sites (N-methyl/N-ethyl adjacent to an activating group) is 1. The standard InChI is InChI=1S/C46H80NO10P/c1-8-10-11-12-15-19-24-30-41(48)31-25-20-18-23-28-34-46(50)56-42(38-55-58(51,52)54-36-35-47(5,6)7)37-53-45(49)33-27-22-17-14-13-16-21-26-32-44-40(4)39(3)43(57-44)29-9-2/h15,19,24,30,42H,8-14,16-18,20-23,25-29,31-38H2,1-7H3/p+1/b19-15-,30-24+/t42-/m1/s1. The Morgan fingerprint density at radius 1 is 0.690 bits per heavy atom. The summed E-state index contributed by atoms with van der Waals surface area (Å²) < 4.78 is 40.4. The second kappa shape index (κ2) is 32.2. The van der Waals surface area contributed by atoms with E-state index in [0.29, 0.717) is 30.3 Å². The molecule has 1 N–H and O–H groups in total. The largest absolute Gasteiger partial charge is 0.472 e. The summed E-state index contributed by atoms with van der Waals surface area (Å²) in [5.74, 6) is 1.49. The number of carbonyl (C=O) groups excluding carboxylic acids is 3. The number of allylic oxidation sites excluding steroid dienone is 4. The SMILES string of the molecule is CCCCC/C=C\C=C\C(=O)CCCCCCCC(=O)O[C@H](COC(=O)CCCCCCCCCCc1oc(CCC)c(C)c1C)COP(=O)(O)OCC[N+](C)(C)C. The van der Waals surface area contributed by atoms with Crippen LogP contribution in [-0.2, 0) is 50.3 Å². The second-order valence-electron chi connectivity index (χ2n) is 16.7. The molecule has 1 aromatic heterocycles. The van der Waals surface area contributed by atoms with Crippen molar-refractivity contribution in [3.8, 4) is 0 Å². The normalized spacial score (nSPS) is 13.7. The Labute approximate surface area is 351 Å². The van der Waals surface area contributed by atoms with Crippen molar-refractivity contribution in [2.45, 2.75) is 181 Å². The number of carbonyl (C=O) groups is 3. The monoisotopic (exact) mass is 839 g/mol. The molecular weight excluding hydrogens is 757 g/mol. The number of esters is 2. The van der Waals surface area contributed by atoms with Crippen LogP contribution in [0, 0.1) is 13.8 Å². The van der Waals surface area contributed by atoms with E-state index in [1.165, 1.54) is 49.7 Å². The first-order chi connectivity index (χ1) is 27.7. The fourth-order valence-corrected chi connectivity index (χ4v) is 7.08. The molecule has 0 saturated carbocycles. The number of rotatable bonds is 37. The van der Waals surface area contributed by atoms with Gasteiger partial charge in [0, 0.05) is 32.1 Å². The van der Waals surface area contributed by atoms with Crippen molar-refractivity contribution in [3.05, 3.63) is 47.0 Å². The van der Waals surface area contributed by atoms with Crippen LogP contribution in [0.25, 0.3) is 0 Å². The molecule has 334 valence electrons. The molecule has 1 aromatic rings. The van der Waals surface area contributed by atoms with E-state index in [0.717, 1.165) is 88.6 Å². The van der Waals surface area contributed by atoms with Gasteiger partial charge >= 0.3 is 19.8 Å². The van der Waals surface area contributed by atoms with Crippen molar-refractivity contribution in [1.82, 2.24) is 0 Å². The number of hydrogen-bond acceptors (Lipinski definition) is 9. The summed E-state index contributed by atoms with van der Waals surface area (Å²) in [6.45, 7) is 8.44. The summed E-state index contributed by atoms with van der Waals surface area (Å²) in [6, 6.07) is 0. The highest BCUT2D eigenvalue weighted by Crippen LogP contribution is 2.43. The summed E-state index contributed by atoms with van der Waals surface area (Å²) in [7, 11) is 1.38. The van der Waals surface area contributed by atoms with E-state index in [4.69, 9.17) is 22.9 Å². The summed E-state index contributed by atoms with van der Waals surface area (Å²) >= 11 is 0. The van der Waals surface area contributed by atoms with Crippen molar-refractivity contribution >= 4 is 25.5 Å². The first-order valence-corrected chi connectivity index (χ1v) is 23.9. The number of hydrogen-bond donors (Lipinski definition) is 1. The van der Waals surface area contributed by atoms with E-state index in [1.54, 1.807) is 6.08 Å². The van der Waals surface area contributed by atoms with Crippen molar-refractivity contribution in [1.29, 1.82) is 0 Å². The first kappa shape index (κ1) is 53.5. The Morgan fingerprint density at radius 2 is 1.26 bits per heavy atom. The Kier molecular flexibility index (Phi) is 29.7. The fourth-order valence-electron chi connectivity index (χ4n) is 6.34. The van der Waals surface area contributed by atoms with Gasteiger partial charge < -0.3 is 23.3 Å². The predicted octanol–water partition coefficient (Wildman–Crippen LogP) is 11.2. The maximum Gasteiger partial charge on any atom is 0.472 e. The molecule has 0 aliphatic carbocycles. The van der Waals surface area contributed by atoms with Crippen LogP contribution in [0.2, 0.25) is 0 Å². The molecule has 0 spiro atoms. The molecule has 0 bridgehead atoms. The Balaban J connectivity index is 2.37. The third-order valence-electron chi connectivity index (χ3n) is 10.1. The van der Waals surface area contributed by atoms with Gasteiger partial charge in [-0.15, -0.1) is 0 Å². The van der Waals surface area contributed by atoms with Crippen molar-refractivity contribution in [3.63, 3.8) is 0 Å². The fraction of sp³-hybridized carbons (Fsp3) is 0.761. The summed E-state index contributed by atoms with van der Waals surface area (Å²) in [5, 5.41) is 0. The molecule has 12 heteroatoms. The molecule has 58 heavy (non-hydrogen) atoms. The number of aryl methyl sites for hydroxylation is 2. The molecule has 0 aromatic carbocycles. The van der Waals surface area contributed by atoms with Crippen LogP contribution in [-0.4, -0.2) is 80.7 Å². The van der Waals surface area contributed by atoms with Crippen LogP contribution in [0.1, 0.15) is 171 Å². The quantitative estimate of drug-likeness (QED) is 0.0172. The molecule has 0 aliphatic heterocycles. The Morgan fingerprint density at radius 3 is 1.86 bits per heavy atom. The number of phosphoric acid groups is 1. The molecule has 11 nitrogen and oxygen atoms in total. The van der Waals surface area contributed by atoms with Crippen LogP contribution in [0.3, 0.4) is 0 Å². The molecule has 0 radical (unpaired) electrons. The summed E-state index contributed by atoms with van der Waals surface area (Å²) in [5.41, 5.74) is 2.62. The highest BCUT2D eigenvalue weighted by atomic mass is 31.2. The lowest BCUT2D eigenvalue weighted by atomic mass is 10.0. The highest BCUT2D eigenvalue weighted by Gasteiger charge is 2.27. The van der Waals surface area contributed by atoms with Crippen LogP contribution < -0.4 is 0 Å². The van der Waals surface area contributed by atoms with Crippen LogP contribution in [0.5, 0.6) is 0 Å². The molecule has 1 rings (SSSR count). The number of unbranched alkanes of at least 4 members (excludes halogenated alkanes) is 14. The third-order valence-corrected chi connectivity index (χ3v) is 11.1. The van der Waals surface area contributed by atoms with Crippen molar-refractivity contribution < 1.29 is 51.3 Å². The smallest absolute Gasteiger partial charge is 0.466 e. The maximum atomic E-state index is 12.7. The van der Waals surface area contributed by atoms with Gasteiger partial charge in [-0.05, 0) is 76.0 Å². The van der Waals surface area contributed by atoms with Crippen LogP contribution in [0.4, 0.5) is 0 Å². The lowest BCUT2D eigenvalue weighted by Crippen LogP contribution is -2.37. The topological polar surface area (TPSA) is 139 Å². The van der Waals surface area contributed by atoms with E-state index >= 15 is 0 Å². The first-order valence-electron chi connectivity index (χ1n) is 22.4. The zero-order chi connectivity index (χ0) is 43.1. The zero-order valence-corrected chi connectivity index (χ0v) is 38.4. The molecule has 0 saturated heterocycles. The van der Waals surface area contributed by atoms with Crippen LogP contribution in [0.15, 0.2) is 28.7 Å². The van der Waals surface area contributed by atoms with Crippen molar-refractivity contribution in [2.24, 2.45) is 0 Å². The van der Waals surface area contributed by atoms with E-state index < -0.39 is 32.5 Å². The third kappa shape index (κ3) is 28.8. The predicted molar refractivity (Wildman–Crippen MR) is 233 cm³/mol. The van der Waals surface area contributed by atoms with Gasteiger partial charge in [0.2, 0.25) is 0 Å². The number of phosphoric ester groups is 1. The minimum atomic E-state index is -4.42. The number of quaternary nitrogens is 1. The van der Waals surface area contributed by atoms with Gasteiger partial charge in [-0.2, -0.15) is 0 Å². The van der Waals surface area contributed by atoms with Gasteiger partial charge in [0.25, 0.3) is 0 Å². The summed E-state index contributed by atoms with van der Waals surface area (Å²) in [4.78, 5) is 47.5. The molecule has 2 atom stereocenters. The van der Waals surface area contributed by atoms with Gasteiger partial charge in [-0.1, -0.05) is 103 Å². The molecule has 1 heterocycles. The lowest BCUT2D eigenvalue weighted by Gasteiger charge is -2.24. The number of ether oxygens (including phenoxy) is 2. The minimum absolute atomic E-state index is 0.00322. The van der Waals surface area contributed by atoms with Crippen molar-refractivity contribution in [2.75, 3.05) is 47.5 Å². The molecule has 1 unspecified atom stereocenters. The van der Waals surface area contributed by atoms with Crippen LogP contribution >= 0.6 is 7.82 Å². The van der Waals surface area contributed by atoms with Gasteiger partial charge in [-0.3, -0.25) is 23.4 Å². The number of furan rings is 1. The van der Waals surface area contributed by atoms with Gasteiger partial charge in [0.15, 0.2) is 11.9 Å². The highest BCUT2D eigenvalue weighted by molar-refractivity contribution is 7.47. The molecular formula is C46H81NO10P+. The van der Waals surface area contributed by atoms with Gasteiger partial charge in [-0.25, -0.2) is 4.57 Å². The minimum Gasteiger partial charge on any atom is -0.466 e. The van der Waals surface area contributed by atoms with E-state index in [9.17, 15) is 23.8 Å². The second-order valence-corrected chi connectivity index (χ2v) is 18.2. The Hall–Kier alpha value is -2.56. The maximum absolute atomic E-state index is 12.7. The van der Waals surface area contributed by atoms with Gasteiger partial charge in [0.05, 0.1) is 27.7 Å². The Bertz CT molecular complexity index is 1380. The van der Waals surface area contributed by atoms with E-state index in [1.807, 2.05) is 33.3 Å². The zero-order valence-electron chi connectivity index (χ0n) is 37.5. The molecule has 0 amide bonds. The average molecular weight is 839 g/mol. The average Bonchev–Trinajstić information content (AvgIpc) is 3.43. The van der Waals surface area contributed by atoms with Gasteiger partial charge in [0.1, 0.15) is 31.3 Å².